The van der Waals surface area contributed by atoms with Gasteiger partial charge in [-0.25, -0.2) is 11.3 Å². The Hall–Kier alpha value is -12.8. The van der Waals surface area contributed by atoms with Gasteiger partial charge in [-0.2, -0.15) is 0 Å². The molecule has 5 radical (unpaired) electrons. The smallest absolute Gasteiger partial charge is 0.155 e. The molecule has 12 aromatic carbocycles. The first-order chi connectivity index (χ1) is 64.4. The second kappa shape index (κ2) is 53.8. The van der Waals surface area contributed by atoms with Gasteiger partial charge in [0, 0.05) is 155 Å². The molecule has 0 amide bonds. The van der Waals surface area contributed by atoms with Crippen molar-refractivity contribution in [2.24, 2.45) is 0 Å². The second-order valence-electron chi connectivity index (χ2n) is 32.6. The molecule has 0 spiro atoms. The molecule has 19 aromatic rings. The van der Waals surface area contributed by atoms with E-state index in [0.717, 1.165) is 77.9 Å². The third kappa shape index (κ3) is 29.8. The summed E-state index contributed by atoms with van der Waals surface area (Å²) in [7, 11) is 0. The SMILES string of the molecule is CC(=O)C=C(C)O.CC(=O)C=C(C)O.CC(=O)C=C(C)O.CC1(C)c2ccccc2-c2c[c-]c(-c3ccc4ccccc4n3)cc21.CC1(C)c2ccccc2-c2c[c-]c(-c3nccc4ccccc34)cc21.Cc1cc(-c2[c-]cccc2)ncc1-c1ccccc1.[Ir].[Ir].[Ir].[Ir].[Ir].[c-]1c(-c2ccccn2)sc2ccccc12.[c-]1ccccc1-c1ccc2ccccc2n1.[c-]1ccccc1-c1ccccn1. The summed E-state index contributed by atoms with van der Waals surface area (Å²) >= 11 is 1.73. The van der Waals surface area contributed by atoms with Crippen LogP contribution in [0.15, 0.2) is 406 Å². The van der Waals surface area contributed by atoms with Gasteiger partial charge >= 0.3 is 0 Å². The second-order valence-corrected chi connectivity index (χ2v) is 33.7. The number of benzene rings is 12. The van der Waals surface area contributed by atoms with Crippen LogP contribution in [0.1, 0.15) is 97.1 Å². The standard InChI is InChI=1S/2C24H18N.C18H14N.C15H10N.C13H8NS.C11H8N.3C5H8O2.5Ir/c1-24(2)20-9-5-4-8-18(20)19-13-11-17(15-21(19)24)23-14-12-16-7-3-6-10-22(16)25-23;1-24(2)21-10-6-5-9-19(21)20-12-11-17(15-22(20)24)23-18-8-4-3-7-16(18)13-14-25-23;1-14-12-18(16-10-6-3-7-11-16)19-13-17(14)15-8-4-2-5-9-15;1-2-6-12(7-3-1)15-11-10-13-8-4-5-9-14(13)16-15;1-2-7-12-10(5-1)9-13(15-12)11-6-3-4-8-14-11;1-2-6-10(7-3-1)11-8-4-5-9-12-11;3*1-4(6)3-5(2)7;;;;;/h2*3-10,12-15H,1-2H3;2-10,12-13H,1H3;1-6,8-11H;1-8H;1-6,8-9H;3*3,6H,1-2H3;;;;;/q6*-1;;;;;;;;. The van der Waals surface area contributed by atoms with Crippen molar-refractivity contribution < 1.29 is 130 Å². The Labute approximate surface area is 880 Å². The number of hydrogen-bond donors (Lipinski definition) is 3. The molecular weight excluding hydrogens is 2610 g/mol. The van der Waals surface area contributed by atoms with Crippen LogP contribution in [0.2, 0.25) is 0 Å². The number of pyridine rings is 6. The fourth-order valence-electron chi connectivity index (χ4n) is 15.5. The third-order valence-electron chi connectivity index (χ3n) is 21.7. The van der Waals surface area contributed by atoms with Gasteiger partial charge in [0.05, 0.1) is 28.3 Å². The number of aliphatic hydroxyl groups is 3. The Morgan fingerprint density at radius 1 is 0.333 bits per heavy atom. The van der Waals surface area contributed by atoms with Crippen molar-refractivity contribution in [2.75, 3.05) is 0 Å². The molecule has 0 fully saturated rings. The summed E-state index contributed by atoms with van der Waals surface area (Å²) in [5.74, 6) is -0.187. The van der Waals surface area contributed by atoms with Crippen LogP contribution in [0.25, 0.3) is 143 Å². The quantitative estimate of drug-likeness (QED) is 0.0668. The van der Waals surface area contributed by atoms with Gasteiger partial charge in [-0.3, -0.25) is 24.4 Å². The van der Waals surface area contributed by atoms with Crippen LogP contribution in [-0.2, 0) is 126 Å². The first-order valence-electron chi connectivity index (χ1n) is 43.5. The molecule has 2 aliphatic carbocycles. The third-order valence-corrected chi connectivity index (χ3v) is 22.8. The molecule has 0 bridgehead atoms. The average Bonchev–Trinajstić information content (AvgIpc) is 1.57. The summed E-state index contributed by atoms with van der Waals surface area (Å²) in [5, 5.41) is 31.0. The van der Waals surface area contributed by atoms with E-state index < -0.39 is 0 Å². The van der Waals surface area contributed by atoms with Crippen molar-refractivity contribution >= 4 is 71.4 Å². The van der Waals surface area contributed by atoms with Crippen LogP contribution in [0.4, 0.5) is 0 Å². The van der Waals surface area contributed by atoms with Gasteiger partial charge in [0.1, 0.15) is 0 Å². The molecule has 2 aliphatic rings. The number of para-hydroxylation sites is 2. The number of fused-ring (bicyclic) bond motifs is 10. The molecule has 0 saturated carbocycles. The van der Waals surface area contributed by atoms with Crippen LogP contribution in [0, 0.1) is 43.3 Å². The van der Waals surface area contributed by atoms with E-state index in [2.05, 4.69) is 272 Å². The first-order valence-corrected chi connectivity index (χ1v) is 44.4. The molecule has 3 N–H and O–H groups in total. The summed E-state index contributed by atoms with van der Waals surface area (Å²) in [6, 6.07) is 137. The molecule has 7 aromatic heterocycles. The van der Waals surface area contributed by atoms with E-state index in [0.29, 0.717) is 0 Å². The van der Waals surface area contributed by atoms with Gasteiger partial charge in [0.2, 0.25) is 0 Å². The number of ketones is 3. The Balaban J connectivity index is 0.000000196. The van der Waals surface area contributed by atoms with E-state index in [4.69, 9.17) is 20.3 Å². The Kier molecular flexibility index (Phi) is 43.0. The van der Waals surface area contributed by atoms with E-state index in [1.54, 1.807) is 17.5 Å². The number of nitrogens with zero attached hydrogens (tertiary/aromatic N) is 6. The number of aryl methyl sites for hydroxylation is 1. The molecular formula is C120H100Ir5N6O6S-6. The predicted molar refractivity (Wildman–Crippen MR) is 545 cm³/mol. The Morgan fingerprint density at radius 3 is 1.22 bits per heavy atom. The molecule has 12 nitrogen and oxygen atoms in total. The number of rotatable bonds is 10. The van der Waals surface area contributed by atoms with Crippen LogP contribution in [-0.4, -0.2) is 62.6 Å². The molecule has 18 heteroatoms. The largest absolute Gasteiger partial charge is 0.512 e. The van der Waals surface area contributed by atoms with Crippen LogP contribution >= 0.6 is 11.3 Å². The zero-order valence-corrected chi connectivity index (χ0v) is 90.6. The molecule has 138 heavy (non-hydrogen) atoms. The Bertz CT molecular complexity index is 7170. The normalized spacial score (nSPS) is 11.6. The van der Waals surface area contributed by atoms with Gasteiger partial charge in [0.15, 0.2) is 17.3 Å². The number of carbonyl (C=O) groups excluding carboxylic acids is 3. The monoisotopic (exact) mass is 2720 g/mol. The van der Waals surface area contributed by atoms with Crippen LogP contribution < -0.4 is 0 Å². The zero-order chi connectivity index (χ0) is 93.8. The average molecular weight is 2720 g/mol. The number of aromatic nitrogens is 6. The van der Waals surface area contributed by atoms with Crippen molar-refractivity contribution in [3.8, 4) is 100 Å². The molecule has 21 rings (SSSR count). The van der Waals surface area contributed by atoms with Crippen molar-refractivity contribution in [3.05, 3.63) is 470 Å². The summed E-state index contributed by atoms with van der Waals surface area (Å²) in [5.41, 5.74) is 27.6. The summed E-state index contributed by atoms with van der Waals surface area (Å²) in [6.45, 7) is 19.9. The maximum atomic E-state index is 10.0. The predicted octanol–water partition coefficient (Wildman–Crippen LogP) is 29.7. The van der Waals surface area contributed by atoms with E-state index in [-0.39, 0.29) is 146 Å². The molecule has 0 aliphatic heterocycles. The van der Waals surface area contributed by atoms with Gasteiger partial charge < -0.3 is 35.3 Å². The van der Waals surface area contributed by atoms with Crippen molar-refractivity contribution in [1.82, 2.24) is 29.9 Å². The summed E-state index contributed by atoms with van der Waals surface area (Å²) < 4.78 is 1.26. The van der Waals surface area contributed by atoms with Crippen molar-refractivity contribution in [2.45, 2.75) is 87.0 Å². The van der Waals surface area contributed by atoms with E-state index >= 15 is 0 Å². The zero-order valence-electron chi connectivity index (χ0n) is 77.8. The van der Waals surface area contributed by atoms with Gasteiger partial charge in [-0.05, 0) is 171 Å². The van der Waals surface area contributed by atoms with Gasteiger partial charge in [0.25, 0.3) is 0 Å². The molecule has 0 unspecified atom stereocenters. The van der Waals surface area contributed by atoms with Gasteiger partial charge in [-0.1, -0.05) is 256 Å². The van der Waals surface area contributed by atoms with Crippen LogP contribution in [0.5, 0.6) is 0 Å². The summed E-state index contributed by atoms with van der Waals surface area (Å²) in [4.78, 5) is 58.4. The van der Waals surface area contributed by atoms with Crippen molar-refractivity contribution in [1.29, 1.82) is 0 Å². The molecule has 0 atom stereocenters. The number of carbonyl (C=O) groups is 3. The first kappa shape index (κ1) is 110. The van der Waals surface area contributed by atoms with E-state index in [9.17, 15) is 14.4 Å². The van der Waals surface area contributed by atoms with E-state index in [1.807, 2.05) is 188 Å². The molecule has 7 heterocycles. The minimum Gasteiger partial charge on any atom is -0.512 e. The fraction of sp³-hybridized carbons (Fsp3) is 0.108. The minimum atomic E-state index is -0.125. The molecule has 0 saturated heterocycles. The topological polar surface area (TPSA) is 189 Å². The minimum absolute atomic E-state index is 0. The van der Waals surface area contributed by atoms with E-state index in [1.165, 1.54) is 153 Å². The number of aliphatic hydroxyl groups excluding tert-OH is 3. The molecule has 703 valence electrons. The van der Waals surface area contributed by atoms with Crippen molar-refractivity contribution in [3.63, 3.8) is 0 Å². The Morgan fingerprint density at radius 2 is 0.754 bits per heavy atom. The van der Waals surface area contributed by atoms with Gasteiger partial charge in [-0.15, -0.1) is 190 Å². The summed E-state index contributed by atoms with van der Waals surface area (Å²) in [6.07, 6.45) is 10.9. The number of thiophene rings is 1. The fourth-order valence-corrected chi connectivity index (χ4v) is 16.5. The van der Waals surface area contributed by atoms with Crippen LogP contribution in [0.3, 0.4) is 0 Å². The number of allylic oxidation sites excluding steroid dienone is 6. The maximum absolute atomic E-state index is 10.0. The maximum Gasteiger partial charge on any atom is 0.155 e. The number of hydrogen-bond acceptors (Lipinski definition) is 13.